The van der Waals surface area contributed by atoms with Gasteiger partial charge in [0.05, 0.1) is 5.52 Å². The van der Waals surface area contributed by atoms with Crippen LogP contribution >= 0.6 is 0 Å². The summed E-state index contributed by atoms with van der Waals surface area (Å²) >= 11 is 0. The zero-order valence-electron chi connectivity index (χ0n) is 12.3. The fourth-order valence-electron chi connectivity index (χ4n) is 2.04. The lowest BCUT2D eigenvalue weighted by atomic mass is 10.1. The molecule has 3 nitrogen and oxygen atoms in total. The van der Waals surface area contributed by atoms with Crippen LogP contribution in [0.1, 0.15) is 45.3 Å². The number of para-hydroxylation sites is 1. The Morgan fingerprint density at radius 3 is 2.75 bits per heavy atom. The quantitative estimate of drug-likeness (QED) is 0.762. The molecule has 1 aromatic heterocycles. The third-order valence-electron chi connectivity index (χ3n) is 3.32. The number of aromatic nitrogens is 1. The highest BCUT2D eigenvalue weighted by molar-refractivity contribution is 5.79. The predicted octanol–water partition coefficient (Wildman–Crippen LogP) is 4.28. The van der Waals surface area contributed by atoms with Crippen molar-refractivity contribution >= 4 is 16.9 Å². The summed E-state index contributed by atoms with van der Waals surface area (Å²) in [6.07, 6.45) is 2.86. The van der Waals surface area contributed by atoms with Gasteiger partial charge in [-0.05, 0) is 31.4 Å². The van der Waals surface area contributed by atoms with Crippen LogP contribution in [0, 0.1) is 5.92 Å². The smallest absolute Gasteiger partial charge is 0.306 e. The Labute approximate surface area is 120 Å². The van der Waals surface area contributed by atoms with Gasteiger partial charge in [0.2, 0.25) is 0 Å². The molecule has 0 spiro atoms. The van der Waals surface area contributed by atoms with Crippen molar-refractivity contribution in [3.63, 3.8) is 0 Å². The third-order valence-corrected chi connectivity index (χ3v) is 3.32. The SMILES string of the molecule is CC(C)CCC(=O)OC(C)c1cnc2ccccc2c1. The highest BCUT2D eigenvalue weighted by Gasteiger charge is 2.13. The lowest BCUT2D eigenvalue weighted by molar-refractivity contribution is -0.148. The van der Waals surface area contributed by atoms with Gasteiger partial charge in [-0.2, -0.15) is 0 Å². The number of hydrogen-bond donors (Lipinski definition) is 0. The van der Waals surface area contributed by atoms with E-state index in [1.165, 1.54) is 0 Å². The van der Waals surface area contributed by atoms with E-state index in [9.17, 15) is 4.79 Å². The average Bonchev–Trinajstić information content (AvgIpc) is 2.44. The Morgan fingerprint density at radius 1 is 1.25 bits per heavy atom. The summed E-state index contributed by atoms with van der Waals surface area (Å²) in [5.74, 6) is 0.375. The van der Waals surface area contributed by atoms with Gasteiger partial charge >= 0.3 is 5.97 Å². The summed E-state index contributed by atoms with van der Waals surface area (Å²) in [6, 6.07) is 9.96. The minimum absolute atomic E-state index is 0.139. The van der Waals surface area contributed by atoms with E-state index in [1.54, 1.807) is 6.20 Å². The van der Waals surface area contributed by atoms with Gasteiger partial charge in [0.25, 0.3) is 0 Å². The minimum atomic E-state index is -0.258. The Hall–Kier alpha value is -1.90. The Bertz CT molecular complexity index is 592. The van der Waals surface area contributed by atoms with Gasteiger partial charge in [0.15, 0.2) is 0 Å². The molecular weight excluding hydrogens is 250 g/mol. The number of hydrogen-bond acceptors (Lipinski definition) is 3. The van der Waals surface area contributed by atoms with Crippen molar-refractivity contribution in [3.8, 4) is 0 Å². The maximum Gasteiger partial charge on any atom is 0.306 e. The number of rotatable bonds is 5. The van der Waals surface area contributed by atoms with Crippen LogP contribution in [0.3, 0.4) is 0 Å². The van der Waals surface area contributed by atoms with Crippen LogP contribution in [-0.2, 0) is 9.53 Å². The number of ether oxygens (including phenoxy) is 1. The topological polar surface area (TPSA) is 39.2 Å². The molecule has 0 aliphatic carbocycles. The summed E-state index contributed by atoms with van der Waals surface area (Å²) in [5.41, 5.74) is 1.89. The van der Waals surface area contributed by atoms with Crippen LogP contribution in [0.4, 0.5) is 0 Å². The number of pyridine rings is 1. The molecule has 1 atom stereocenters. The highest BCUT2D eigenvalue weighted by Crippen LogP contribution is 2.21. The molecule has 2 rings (SSSR count). The number of carbonyl (C=O) groups excluding carboxylic acids is 1. The van der Waals surface area contributed by atoms with Gasteiger partial charge in [-0.15, -0.1) is 0 Å². The van der Waals surface area contributed by atoms with Crippen LogP contribution < -0.4 is 0 Å². The first-order chi connectivity index (χ1) is 9.56. The van der Waals surface area contributed by atoms with Crippen molar-refractivity contribution in [2.24, 2.45) is 5.92 Å². The molecule has 0 aliphatic heterocycles. The Balaban J connectivity index is 2.03. The zero-order valence-corrected chi connectivity index (χ0v) is 12.3. The maximum atomic E-state index is 11.8. The second-order valence-electron chi connectivity index (χ2n) is 5.53. The van der Waals surface area contributed by atoms with E-state index in [4.69, 9.17) is 4.74 Å². The molecule has 3 heteroatoms. The highest BCUT2D eigenvalue weighted by atomic mass is 16.5. The summed E-state index contributed by atoms with van der Waals surface area (Å²) < 4.78 is 5.46. The molecular formula is C17H21NO2. The molecule has 0 saturated carbocycles. The lowest BCUT2D eigenvalue weighted by Crippen LogP contribution is -2.09. The first kappa shape index (κ1) is 14.5. The zero-order chi connectivity index (χ0) is 14.5. The van der Waals surface area contributed by atoms with Crippen molar-refractivity contribution in [1.29, 1.82) is 0 Å². The molecule has 1 aromatic carbocycles. The largest absolute Gasteiger partial charge is 0.458 e. The van der Waals surface area contributed by atoms with Crippen molar-refractivity contribution in [3.05, 3.63) is 42.1 Å². The second-order valence-corrected chi connectivity index (χ2v) is 5.53. The van der Waals surface area contributed by atoms with E-state index in [2.05, 4.69) is 18.8 Å². The normalized spacial score (nSPS) is 12.6. The summed E-state index contributed by atoms with van der Waals surface area (Å²) in [7, 11) is 0. The van der Waals surface area contributed by atoms with Crippen molar-refractivity contribution in [1.82, 2.24) is 4.98 Å². The fourth-order valence-corrected chi connectivity index (χ4v) is 2.04. The molecule has 106 valence electrons. The molecule has 0 N–H and O–H groups in total. The van der Waals surface area contributed by atoms with E-state index in [0.29, 0.717) is 12.3 Å². The molecule has 0 fully saturated rings. The fraction of sp³-hybridized carbons (Fsp3) is 0.412. The second kappa shape index (κ2) is 6.51. The van der Waals surface area contributed by atoms with E-state index in [-0.39, 0.29) is 12.1 Å². The molecule has 2 aromatic rings. The van der Waals surface area contributed by atoms with Crippen molar-refractivity contribution in [2.75, 3.05) is 0 Å². The van der Waals surface area contributed by atoms with Gasteiger partial charge in [-0.1, -0.05) is 32.0 Å². The summed E-state index contributed by atoms with van der Waals surface area (Å²) in [5, 5.41) is 1.06. The molecule has 0 saturated heterocycles. The maximum absolute atomic E-state index is 11.8. The van der Waals surface area contributed by atoms with E-state index < -0.39 is 0 Å². The van der Waals surface area contributed by atoms with E-state index in [0.717, 1.165) is 22.9 Å². The van der Waals surface area contributed by atoms with Gasteiger partial charge in [-0.25, -0.2) is 0 Å². The third kappa shape index (κ3) is 3.80. The van der Waals surface area contributed by atoms with Gasteiger partial charge in [0, 0.05) is 23.6 Å². The molecule has 0 amide bonds. The molecule has 0 aliphatic rings. The first-order valence-corrected chi connectivity index (χ1v) is 7.10. The van der Waals surface area contributed by atoms with Crippen LogP contribution in [-0.4, -0.2) is 11.0 Å². The lowest BCUT2D eigenvalue weighted by Gasteiger charge is -2.14. The predicted molar refractivity (Wildman–Crippen MR) is 80.3 cm³/mol. The molecule has 0 bridgehead atoms. The van der Waals surface area contributed by atoms with Crippen LogP contribution in [0.25, 0.3) is 10.9 Å². The van der Waals surface area contributed by atoms with E-state index in [1.807, 2.05) is 37.3 Å². The number of carbonyl (C=O) groups is 1. The molecule has 1 heterocycles. The van der Waals surface area contributed by atoms with Crippen molar-refractivity contribution < 1.29 is 9.53 Å². The molecule has 1 unspecified atom stereocenters. The number of esters is 1. The Morgan fingerprint density at radius 2 is 2.00 bits per heavy atom. The molecule has 20 heavy (non-hydrogen) atoms. The Kier molecular flexibility index (Phi) is 4.72. The van der Waals surface area contributed by atoms with Crippen LogP contribution in [0.2, 0.25) is 0 Å². The minimum Gasteiger partial charge on any atom is -0.458 e. The van der Waals surface area contributed by atoms with E-state index >= 15 is 0 Å². The average molecular weight is 271 g/mol. The molecule has 0 radical (unpaired) electrons. The number of nitrogens with zero attached hydrogens (tertiary/aromatic N) is 1. The standard InChI is InChI=1S/C17H21NO2/c1-12(2)8-9-17(19)20-13(3)15-10-14-6-4-5-7-16(14)18-11-15/h4-7,10-13H,8-9H2,1-3H3. The summed E-state index contributed by atoms with van der Waals surface area (Å²) in [4.78, 5) is 16.1. The number of benzene rings is 1. The monoisotopic (exact) mass is 271 g/mol. The van der Waals surface area contributed by atoms with Gasteiger partial charge in [-0.3, -0.25) is 9.78 Å². The van der Waals surface area contributed by atoms with Gasteiger partial charge in [0.1, 0.15) is 6.10 Å². The van der Waals surface area contributed by atoms with Gasteiger partial charge < -0.3 is 4.74 Å². The van der Waals surface area contributed by atoms with Crippen LogP contribution in [0.5, 0.6) is 0 Å². The number of fused-ring (bicyclic) bond motifs is 1. The van der Waals surface area contributed by atoms with Crippen molar-refractivity contribution in [2.45, 2.75) is 39.7 Å². The first-order valence-electron chi connectivity index (χ1n) is 7.10. The summed E-state index contributed by atoms with van der Waals surface area (Å²) in [6.45, 7) is 6.09. The van der Waals surface area contributed by atoms with Crippen LogP contribution in [0.15, 0.2) is 36.5 Å².